The van der Waals surface area contributed by atoms with Gasteiger partial charge >= 0.3 is 0 Å². The van der Waals surface area contributed by atoms with Crippen molar-refractivity contribution in [1.82, 2.24) is 4.90 Å². The van der Waals surface area contributed by atoms with Crippen LogP contribution in [0.1, 0.15) is 44.9 Å². The van der Waals surface area contributed by atoms with E-state index in [1.165, 1.54) is 6.42 Å². The van der Waals surface area contributed by atoms with E-state index in [0.717, 1.165) is 38.6 Å². The van der Waals surface area contributed by atoms with Gasteiger partial charge in [0, 0.05) is 13.0 Å². The maximum Gasteiger partial charge on any atom is 0.223 e. The molecule has 0 bridgehead atoms. The van der Waals surface area contributed by atoms with Gasteiger partial charge in [0.05, 0.1) is 12.6 Å². The molecule has 1 aliphatic carbocycles. The second-order valence-corrected chi connectivity index (χ2v) is 5.24. The van der Waals surface area contributed by atoms with E-state index in [1.54, 1.807) is 0 Å². The fourth-order valence-electron chi connectivity index (χ4n) is 2.90. The molecule has 0 aromatic rings. The van der Waals surface area contributed by atoms with Crippen LogP contribution in [0.15, 0.2) is 12.2 Å². The zero-order valence-corrected chi connectivity index (χ0v) is 10.5. The van der Waals surface area contributed by atoms with Gasteiger partial charge in [-0.2, -0.15) is 0 Å². The lowest BCUT2D eigenvalue weighted by atomic mass is 10.0. The van der Waals surface area contributed by atoms with E-state index in [-0.39, 0.29) is 18.6 Å². The monoisotopic (exact) mass is 237 g/mol. The Kier molecular flexibility index (Phi) is 4.60. The van der Waals surface area contributed by atoms with Gasteiger partial charge in [0.1, 0.15) is 0 Å². The third kappa shape index (κ3) is 3.32. The lowest BCUT2D eigenvalue weighted by Crippen LogP contribution is -2.42. The molecule has 1 aliphatic heterocycles. The summed E-state index contributed by atoms with van der Waals surface area (Å²) >= 11 is 0. The van der Waals surface area contributed by atoms with Crippen LogP contribution in [0.4, 0.5) is 0 Å². The van der Waals surface area contributed by atoms with Crippen molar-refractivity contribution in [3.8, 4) is 0 Å². The Morgan fingerprint density at radius 1 is 1.29 bits per heavy atom. The summed E-state index contributed by atoms with van der Waals surface area (Å²) in [4.78, 5) is 14.2. The van der Waals surface area contributed by atoms with Crippen molar-refractivity contribution in [2.45, 2.75) is 51.0 Å². The summed E-state index contributed by atoms with van der Waals surface area (Å²) in [5.74, 6) is 0.674. The molecule has 0 saturated carbocycles. The van der Waals surface area contributed by atoms with Crippen molar-refractivity contribution >= 4 is 5.91 Å². The molecule has 2 atom stereocenters. The summed E-state index contributed by atoms with van der Waals surface area (Å²) in [7, 11) is 0. The summed E-state index contributed by atoms with van der Waals surface area (Å²) in [6, 6.07) is 0.0652. The van der Waals surface area contributed by atoms with E-state index >= 15 is 0 Å². The number of rotatable bonds is 3. The summed E-state index contributed by atoms with van der Waals surface area (Å²) in [5, 5.41) is 9.39. The number of hydrogen-bond donors (Lipinski definition) is 1. The van der Waals surface area contributed by atoms with Gasteiger partial charge in [-0.15, -0.1) is 0 Å². The van der Waals surface area contributed by atoms with E-state index in [0.29, 0.717) is 12.3 Å². The predicted molar refractivity (Wildman–Crippen MR) is 67.5 cm³/mol. The van der Waals surface area contributed by atoms with Crippen LogP contribution < -0.4 is 0 Å². The number of allylic oxidation sites excluding steroid dienone is 2. The highest BCUT2D eigenvalue weighted by Gasteiger charge is 2.26. The molecule has 96 valence electrons. The molecular weight excluding hydrogens is 214 g/mol. The molecule has 0 aromatic carbocycles. The number of aliphatic hydroxyl groups excluding tert-OH is 1. The molecule has 1 heterocycles. The molecule has 1 saturated heterocycles. The average Bonchev–Trinajstić information content (AvgIpc) is 2.71. The second-order valence-electron chi connectivity index (χ2n) is 5.24. The highest BCUT2D eigenvalue weighted by molar-refractivity contribution is 5.77. The number of nitrogens with zero attached hydrogens (tertiary/aromatic N) is 1. The number of aliphatic hydroxyl groups is 1. The molecule has 1 N–H and O–H groups in total. The first-order valence-corrected chi connectivity index (χ1v) is 6.88. The van der Waals surface area contributed by atoms with Crippen LogP contribution in [0, 0.1) is 5.92 Å². The summed E-state index contributed by atoms with van der Waals surface area (Å²) in [6.07, 6.45) is 11.6. The molecule has 2 rings (SSSR count). The molecule has 3 nitrogen and oxygen atoms in total. The molecular formula is C14H23NO2. The highest BCUT2D eigenvalue weighted by atomic mass is 16.3. The first-order valence-electron chi connectivity index (χ1n) is 6.88. The first kappa shape index (κ1) is 12.6. The fraction of sp³-hybridized carbons (Fsp3) is 0.786. The topological polar surface area (TPSA) is 40.5 Å². The smallest absolute Gasteiger partial charge is 0.223 e. The Labute approximate surface area is 103 Å². The molecule has 0 spiro atoms. The van der Waals surface area contributed by atoms with E-state index in [9.17, 15) is 9.90 Å². The van der Waals surface area contributed by atoms with Crippen LogP contribution in [0.25, 0.3) is 0 Å². The summed E-state index contributed by atoms with van der Waals surface area (Å²) < 4.78 is 0. The normalized spacial score (nSPS) is 29.4. The number of hydrogen-bond acceptors (Lipinski definition) is 2. The van der Waals surface area contributed by atoms with Gasteiger partial charge in [0.15, 0.2) is 0 Å². The van der Waals surface area contributed by atoms with Crippen molar-refractivity contribution < 1.29 is 9.90 Å². The third-order valence-corrected chi connectivity index (χ3v) is 3.96. The molecule has 0 radical (unpaired) electrons. The van der Waals surface area contributed by atoms with Gasteiger partial charge in [-0.25, -0.2) is 0 Å². The largest absolute Gasteiger partial charge is 0.394 e. The molecule has 0 aromatic heterocycles. The predicted octanol–water partition coefficient (Wildman–Crippen LogP) is 2.11. The summed E-state index contributed by atoms with van der Waals surface area (Å²) in [6.45, 7) is 0.951. The van der Waals surface area contributed by atoms with Crippen LogP contribution in [0.3, 0.4) is 0 Å². The Hall–Kier alpha value is -0.830. The third-order valence-electron chi connectivity index (χ3n) is 3.96. The minimum absolute atomic E-state index is 0.0652. The summed E-state index contributed by atoms with van der Waals surface area (Å²) in [5.41, 5.74) is 0. The Bertz CT molecular complexity index is 288. The van der Waals surface area contributed by atoms with Gasteiger partial charge in [0.2, 0.25) is 5.91 Å². The van der Waals surface area contributed by atoms with Crippen molar-refractivity contribution in [3.05, 3.63) is 12.2 Å². The molecule has 1 amide bonds. The van der Waals surface area contributed by atoms with Crippen molar-refractivity contribution in [3.63, 3.8) is 0 Å². The van der Waals surface area contributed by atoms with Gasteiger partial charge in [-0.3, -0.25) is 4.79 Å². The second kappa shape index (κ2) is 6.20. The maximum atomic E-state index is 12.3. The van der Waals surface area contributed by atoms with Crippen LogP contribution in [0.2, 0.25) is 0 Å². The van der Waals surface area contributed by atoms with Gasteiger partial charge in [-0.1, -0.05) is 25.0 Å². The number of likely N-dealkylation sites (tertiary alicyclic amines) is 1. The fourth-order valence-corrected chi connectivity index (χ4v) is 2.90. The highest BCUT2D eigenvalue weighted by Crippen LogP contribution is 2.24. The van der Waals surface area contributed by atoms with Crippen LogP contribution in [0.5, 0.6) is 0 Å². The number of amides is 1. The number of carbonyl (C=O) groups is 1. The molecule has 2 aliphatic rings. The Morgan fingerprint density at radius 2 is 2.18 bits per heavy atom. The van der Waals surface area contributed by atoms with Crippen LogP contribution in [-0.2, 0) is 4.79 Å². The molecule has 17 heavy (non-hydrogen) atoms. The lowest BCUT2D eigenvalue weighted by Gasteiger charge is -2.29. The van der Waals surface area contributed by atoms with E-state index < -0.39 is 0 Å². The van der Waals surface area contributed by atoms with E-state index in [1.807, 2.05) is 4.90 Å². The zero-order valence-electron chi connectivity index (χ0n) is 10.5. The van der Waals surface area contributed by atoms with Gasteiger partial charge < -0.3 is 10.0 Å². The maximum absolute atomic E-state index is 12.3. The van der Waals surface area contributed by atoms with Crippen molar-refractivity contribution in [2.24, 2.45) is 5.92 Å². The Morgan fingerprint density at radius 3 is 2.88 bits per heavy atom. The molecule has 2 unspecified atom stereocenters. The number of carbonyl (C=O) groups excluding carboxylic acids is 1. The van der Waals surface area contributed by atoms with E-state index in [4.69, 9.17) is 0 Å². The first-order chi connectivity index (χ1) is 8.31. The average molecular weight is 237 g/mol. The van der Waals surface area contributed by atoms with E-state index in [2.05, 4.69) is 12.2 Å². The molecule has 1 fully saturated rings. The SMILES string of the molecule is O=C(CC1C=CCC1)N1CCCCCC1CO. The van der Waals surface area contributed by atoms with Gasteiger partial charge in [0.25, 0.3) is 0 Å². The van der Waals surface area contributed by atoms with Gasteiger partial charge in [-0.05, 0) is 31.6 Å². The Balaban J connectivity index is 1.92. The minimum Gasteiger partial charge on any atom is -0.394 e. The van der Waals surface area contributed by atoms with Crippen LogP contribution in [-0.4, -0.2) is 35.1 Å². The van der Waals surface area contributed by atoms with Crippen molar-refractivity contribution in [1.29, 1.82) is 0 Å². The zero-order chi connectivity index (χ0) is 12.1. The lowest BCUT2D eigenvalue weighted by molar-refractivity contribution is -0.135. The quantitative estimate of drug-likeness (QED) is 0.764. The standard InChI is InChI=1S/C14H23NO2/c16-11-13-8-2-1-5-9-15(13)14(17)10-12-6-3-4-7-12/h3,6,12-13,16H,1-2,4-5,7-11H2. The molecule has 3 heteroatoms. The van der Waals surface area contributed by atoms with Crippen molar-refractivity contribution in [2.75, 3.05) is 13.2 Å². The minimum atomic E-state index is 0.0652. The van der Waals surface area contributed by atoms with Crippen LogP contribution >= 0.6 is 0 Å².